The number of hydrogen-bond acceptors (Lipinski definition) is 7. The van der Waals surface area contributed by atoms with Gasteiger partial charge in [0.2, 0.25) is 11.8 Å². The molecule has 9 heteroatoms. The van der Waals surface area contributed by atoms with Gasteiger partial charge in [-0.1, -0.05) is 11.8 Å². The Morgan fingerprint density at radius 2 is 1.31 bits per heavy atom. The molecule has 1 aromatic rings. The van der Waals surface area contributed by atoms with Crippen molar-refractivity contribution >= 4 is 36.6 Å². The van der Waals surface area contributed by atoms with Gasteiger partial charge < -0.3 is 20.1 Å². The second-order valence-corrected chi connectivity index (χ2v) is 7.31. The van der Waals surface area contributed by atoms with Crippen LogP contribution in [0.1, 0.15) is 25.7 Å². The van der Waals surface area contributed by atoms with E-state index in [0.717, 1.165) is 39.4 Å². The van der Waals surface area contributed by atoms with E-state index in [2.05, 4.69) is 20.6 Å². The molecule has 0 unspecified atom stereocenters. The average Bonchev–Trinajstić information content (AvgIpc) is 2.66. The number of nitrogens with one attached hydrogen (secondary N) is 2. The highest BCUT2D eigenvalue weighted by Crippen LogP contribution is 2.23. The summed E-state index contributed by atoms with van der Waals surface area (Å²) in [5, 5.41) is 7.46. The van der Waals surface area contributed by atoms with Crippen molar-refractivity contribution in [3.05, 3.63) is 6.07 Å². The third-order valence-electron chi connectivity index (χ3n) is 4.69. The molecule has 26 heavy (non-hydrogen) atoms. The monoisotopic (exact) mass is 424 g/mol. The van der Waals surface area contributed by atoms with Crippen LogP contribution < -0.4 is 20.1 Å². The Labute approximate surface area is 172 Å². The zero-order chi connectivity index (χ0) is 16.6. The van der Waals surface area contributed by atoms with Crippen LogP contribution in [-0.4, -0.2) is 55.6 Å². The lowest BCUT2D eigenvalue weighted by Crippen LogP contribution is -2.31. The highest BCUT2D eigenvalue weighted by Gasteiger charge is 2.16. The van der Waals surface area contributed by atoms with Gasteiger partial charge in [-0.2, -0.15) is 9.97 Å². The molecule has 0 aliphatic carbocycles. The average molecular weight is 425 g/mol. The van der Waals surface area contributed by atoms with Crippen molar-refractivity contribution in [2.24, 2.45) is 11.8 Å². The highest BCUT2D eigenvalue weighted by atomic mass is 35.5. The van der Waals surface area contributed by atoms with E-state index in [1.54, 1.807) is 0 Å². The summed E-state index contributed by atoms with van der Waals surface area (Å²) in [6, 6.07) is 1.84. The molecule has 2 fully saturated rings. The van der Waals surface area contributed by atoms with E-state index in [4.69, 9.17) is 9.47 Å². The van der Waals surface area contributed by atoms with Gasteiger partial charge in [0, 0.05) is 0 Å². The number of ether oxygens (including phenoxy) is 2. The molecule has 6 nitrogen and oxygen atoms in total. The van der Waals surface area contributed by atoms with Crippen LogP contribution in [0.15, 0.2) is 11.2 Å². The molecule has 2 N–H and O–H groups in total. The van der Waals surface area contributed by atoms with Crippen LogP contribution in [0.4, 0.5) is 0 Å². The van der Waals surface area contributed by atoms with Crippen LogP contribution in [0.3, 0.4) is 0 Å². The van der Waals surface area contributed by atoms with Crippen LogP contribution in [-0.2, 0) is 0 Å². The normalized spacial score (nSPS) is 18.5. The minimum absolute atomic E-state index is 0. The minimum atomic E-state index is 0. The fraction of sp³-hybridized carbons (Fsp3) is 0.765. The first-order valence-electron chi connectivity index (χ1n) is 8.93. The maximum Gasteiger partial charge on any atom is 0.221 e. The molecule has 2 aliphatic heterocycles. The second-order valence-electron chi connectivity index (χ2n) is 6.54. The van der Waals surface area contributed by atoms with E-state index in [1.807, 2.05) is 12.3 Å². The molecule has 0 aromatic carbocycles. The van der Waals surface area contributed by atoms with Crippen molar-refractivity contribution in [1.82, 2.24) is 20.6 Å². The summed E-state index contributed by atoms with van der Waals surface area (Å²) in [4.78, 5) is 8.91. The van der Waals surface area contributed by atoms with Crippen LogP contribution in [0.25, 0.3) is 0 Å². The van der Waals surface area contributed by atoms with Gasteiger partial charge >= 0.3 is 0 Å². The topological polar surface area (TPSA) is 68.3 Å². The molecule has 0 amide bonds. The zero-order valence-electron chi connectivity index (χ0n) is 15.2. The maximum absolute atomic E-state index is 5.94. The molecule has 0 bridgehead atoms. The minimum Gasteiger partial charge on any atom is -0.477 e. The molecule has 0 saturated carbocycles. The Morgan fingerprint density at radius 1 is 0.885 bits per heavy atom. The lowest BCUT2D eigenvalue weighted by atomic mass is 9.99. The van der Waals surface area contributed by atoms with Crippen LogP contribution in [0.2, 0.25) is 0 Å². The Hall–Kier alpha value is -0.470. The van der Waals surface area contributed by atoms with Crippen molar-refractivity contribution < 1.29 is 9.47 Å². The Balaban J connectivity index is 0.00000169. The number of hydrogen-bond donors (Lipinski definition) is 2. The Morgan fingerprint density at radius 3 is 1.69 bits per heavy atom. The van der Waals surface area contributed by atoms with E-state index in [9.17, 15) is 0 Å². The molecule has 0 spiro atoms. The standard InChI is InChI=1S/C17H28N4O2S.2ClH/c1-24-17-20-15(22-11-13-2-6-18-7-3-13)10-16(21-17)23-12-14-4-8-19-9-5-14;;/h10,13-14,18-19H,2-9,11-12H2,1H3;2*1H. The van der Waals surface area contributed by atoms with Crippen molar-refractivity contribution in [1.29, 1.82) is 0 Å². The number of halogens is 2. The summed E-state index contributed by atoms with van der Waals surface area (Å²) in [5.41, 5.74) is 0. The van der Waals surface area contributed by atoms with Crippen LogP contribution in [0, 0.1) is 11.8 Å². The van der Waals surface area contributed by atoms with Crippen molar-refractivity contribution in [3.63, 3.8) is 0 Å². The van der Waals surface area contributed by atoms with Crippen molar-refractivity contribution in [2.45, 2.75) is 30.8 Å². The molecule has 1 aromatic heterocycles. The molecular weight excluding hydrogens is 395 g/mol. The van der Waals surface area contributed by atoms with Gasteiger partial charge in [0.15, 0.2) is 5.16 Å². The van der Waals surface area contributed by atoms with E-state index in [-0.39, 0.29) is 24.8 Å². The quantitative estimate of drug-likeness (QED) is 0.514. The predicted octanol–water partition coefficient (Wildman–Crippen LogP) is 2.80. The zero-order valence-corrected chi connectivity index (χ0v) is 17.7. The SMILES string of the molecule is CSc1nc(OCC2CCNCC2)cc(OCC2CCNCC2)n1.Cl.Cl. The van der Waals surface area contributed by atoms with Crippen LogP contribution in [0.5, 0.6) is 11.8 Å². The van der Waals surface area contributed by atoms with E-state index >= 15 is 0 Å². The number of piperidine rings is 2. The van der Waals surface area contributed by atoms with E-state index < -0.39 is 0 Å². The van der Waals surface area contributed by atoms with Gasteiger partial charge in [-0.15, -0.1) is 24.8 Å². The number of aromatic nitrogens is 2. The number of thioether (sulfide) groups is 1. The molecule has 3 heterocycles. The third kappa shape index (κ3) is 7.64. The fourth-order valence-corrected chi connectivity index (χ4v) is 3.49. The summed E-state index contributed by atoms with van der Waals surface area (Å²) in [6.45, 7) is 5.77. The second kappa shape index (κ2) is 12.8. The molecule has 0 radical (unpaired) electrons. The van der Waals surface area contributed by atoms with Gasteiger partial charge in [-0.25, -0.2) is 0 Å². The van der Waals surface area contributed by atoms with E-state index in [1.165, 1.54) is 37.4 Å². The first-order chi connectivity index (χ1) is 11.8. The lowest BCUT2D eigenvalue weighted by molar-refractivity contribution is 0.195. The van der Waals surface area contributed by atoms with Gasteiger partial charge in [0.05, 0.1) is 19.3 Å². The van der Waals surface area contributed by atoms with Gasteiger partial charge in [-0.05, 0) is 70.0 Å². The lowest BCUT2D eigenvalue weighted by Gasteiger charge is -2.23. The summed E-state index contributed by atoms with van der Waals surface area (Å²) in [7, 11) is 0. The van der Waals surface area contributed by atoms with Crippen LogP contribution >= 0.6 is 36.6 Å². The number of rotatable bonds is 7. The third-order valence-corrected chi connectivity index (χ3v) is 5.24. The summed E-state index contributed by atoms with van der Waals surface area (Å²) in [5.74, 6) is 2.48. The maximum atomic E-state index is 5.94. The predicted molar refractivity (Wildman–Crippen MR) is 110 cm³/mol. The largest absolute Gasteiger partial charge is 0.477 e. The molecule has 2 saturated heterocycles. The van der Waals surface area contributed by atoms with Gasteiger partial charge in [0.1, 0.15) is 0 Å². The highest BCUT2D eigenvalue weighted by molar-refractivity contribution is 7.98. The summed E-state index contributed by atoms with van der Waals surface area (Å²) >= 11 is 1.52. The smallest absolute Gasteiger partial charge is 0.221 e. The Kier molecular flexibility index (Phi) is 11.6. The first kappa shape index (κ1) is 23.6. The van der Waals surface area contributed by atoms with Gasteiger partial charge in [-0.3, -0.25) is 0 Å². The molecule has 3 rings (SSSR count). The van der Waals surface area contributed by atoms with Gasteiger partial charge in [0.25, 0.3) is 0 Å². The summed E-state index contributed by atoms with van der Waals surface area (Å²) in [6.07, 6.45) is 6.64. The fourth-order valence-electron chi connectivity index (χ4n) is 3.13. The molecular formula is C17H30Cl2N4O2S. The van der Waals surface area contributed by atoms with E-state index in [0.29, 0.717) is 28.8 Å². The van der Waals surface area contributed by atoms with Crippen molar-refractivity contribution in [2.75, 3.05) is 45.6 Å². The molecule has 2 aliphatic rings. The molecule has 0 atom stereocenters. The summed E-state index contributed by atoms with van der Waals surface area (Å²) < 4.78 is 11.9. The molecule has 150 valence electrons. The first-order valence-corrected chi connectivity index (χ1v) is 10.2. The number of nitrogens with zero attached hydrogens (tertiary/aromatic N) is 2. The Bertz CT molecular complexity index is 475. The van der Waals surface area contributed by atoms with Crippen molar-refractivity contribution in [3.8, 4) is 11.8 Å².